The Morgan fingerprint density at radius 2 is 2.11 bits per heavy atom. The van der Waals surface area contributed by atoms with Crippen LogP contribution >= 0.6 is 15.9 Å². The van der Waals surface area contributed by atoms with Crippen LogP contribution in [0.2, 0.25) is 0 Å². The summed E-state index contributed by atoms with van der Waals surface area (Å²) >= 11 is 2.88. The first-order valence-electron chi connectivity index (χ1n) is 4.82. The van der Waals surface area contributed by atoms with E-state index in [0.29, 0.717) is 0 Å². The number of nitriles is 1. The number of alkyl halides is 3. The monoisotopic (exact) mass is 337 g/mol. The lowest BCUT2D eigenvalue weighted by molar-refractivity contribution is -0.275. The Balaban J connectivity index is 3.26. The van der Waals surface area contributed by atoms with Gasteiger partial charge in [0.2, 0.25) is 0 Å². The fraction of sp³-hybridized carbons (Fsp3) is 0.273. The van der Waals surface area contributed by atoms with Crippen molar-refractivity contribution in [2.45, 2.75) is 12.8 Å². The number of ether oxygens (including phenoxy) is 2. The molecular weight excluding hydrogens is 331 g/mol. The maximum absolute atomic E-state index is 12.3. The average Bonchev–Trinajstić information content (AvgIpc) is 2.31. The standard InChI is InChI=1S/C11H7BrF3NO3/c1-18-9(17)4-7-2-6(5-16)3-8(12)10(7)19-11(13,14)15/h2-3H,4H2,1H3. The molecule has 0 aliphatic heterocycles. The van der Waals surface area contributed by atoms with Gasteiger partial charge in [-0.15, -0.1) is 13.2 Å². The Morgan fingerprint density at radius 3 is 2.58 bits per heavy atom. The molecule has 102 valence electrons. The number of carbonyl (C=O) groups excluding carboxylic acids is 1. The largest absolute Gasteiger partial charge is 0.573 e. The van der Waals surface area contributed by atoms with Crippen LogP contribution in [0.15, 0.2) is 16.6 Å². The van der Waals surface area contributed by atoms with Gasteiger partial charge in [-0.05, 0) is 28.1 Å². The summed E-state index contributed by atoms with van der Waals surface area (Å²) in [7, 11) is 1.11. The predicted octanol–water partition coefficient (Wildman–Crippen LogP) is 2.93. The van der Waals surface area contributed by atoms with E-state index in [9.17, 15) is 18.0 Å². The highest BCUT2D eigenvalue weighted by molar-refractivity contribution is 9.10. The summed E-state index contributed by atoms with van der Waals surface area (Å²) < 4.78 is 45.0. The predicted molar refractivity (Wildman–Crippen MR) is 61.3 cm³/mol. The molecule has 0 saturated carbocycles. The summed E-state index contributed by atoms with van der Waals surface area (Å²) in [5.41, 5.74) is 0.00963. The van der Waals surface area contributed by atoms with Crippen LogP contribution in [-0.2, 0) is 16.0 Å². The summed E-state index contributed by atoms with van der Waals surface area (Å²) in [5, 5.41) is 8.75. The van der Waals surface area contributed by atoms with Gasteiger partial charge in [0.05, 0.1) is 29.6 Å². The van der Waals surface area contributed by atoms with E-state index in [2.05, 4.69) is 25.4 Å². The lowest BCUT2D eigenvalue weighted by atomic mass is 10.1. The zero-order valence-electron chi connectivity index (χ0n) is 9.55. The molecule has 0 saturated heterocycles. The number of esters is 1. The Bertz CT molecular complexity index is 537. The number of carbonyl (C=O) groups is 1. The Kier molecular flexibility index (Phi) is 4.78. The van der Waals surface area contributed by atoms with Gasteiger partial charge in [0.15, 0.2) is 0 Å². The molecular formula is C11H7BrF3NO3. The summed E-state index contributed by atoms with van der Waals surface area (Å²) in [6, 6.07) is 4.08. The normalized spacial score (nSPS) is 10.7. The van der Waals surface area contributed by atoms with Crippen LogP contribution in [-0.4, -0.2) is 19.4 Å². The first-order chi connectivity index (χ1) is 8.76. The number of halogens is 4. The molecule has 4 nitrogen and oxygen atoms in total. The van der Waals surface area contributed by atoms with Crippen molar-refractivity contribution in [2.75, 3.05) is 7.11 Å². The van der Waals surface area contributed by atoms with Crippen molar-refractivity contribution in [2.24, 2.45) is 0 Å². The van der Waals surface area contributed by atoms with E-state index < -0.39 is 24.5 Å². The van der Waals surface area contributed by atoms with E-state index in [-0.39, 0.29) is 15.6 Å². The van der Waals surface area contributed by atoms with E-state index in [1.807, 2.05) is 0 Å². The van der Waals surface area contributed by atoms with E-state index in [4.69, 9.17) is 5.26 Å². The lowest BCUT2D eigenvalue weighted by Crippen LogP contribution is -2.19. The third-order valence-corrected chi connectivity index (χ3v) is 2.62. The quantitative estimate of drug-likeness (QED) is 0.795. The maximum atomic E-state index is 12.3. The molecule has 0 atom stereocenters. The average molecular weight is 338 g/mol. The molecule has 1 aromatic rings. The van der Waals surface area contributed by atoms with Crippen LogP contribution in [0, 0.1) is 11.3 Å². The third-order valence-electron chi connectivity index (χ3n) is 2.03. The second-order valence-electron chi connectivity index (χ2n) is 3.36. The fourth-order valence-electron chi connectivity index (χ4n) is 1.30. The second kappa shape index (κ2) is 5.93. The van der Waals surface area contributed by atoms with Crippen molar-refractivity contribution >= 4 is 21.9 Å². The van der Waals surface area contributed by atoms with Crippen LogP contribution in [0.5, 0.6) is 5.75 Å². The second-order valence-corrected chi connectivity index (χ2v) is 4.21. The molecule has 0 bridgehead atoms. The van der Waals surface area contributed by atoms with E-state index in [0.717, 1.165) is 13.2 Å². The topological polar surface area (TPSA) is 59.3 Å². The van der Waals surface area contributed by atoms with Crippen LogP contribution in [0.3, 0.4) is 0 Å². The fourth-order valence-corrected chi connectivity index (χ4v) is 1.89. The van der Waals surface area contributed by atoms with Crippen molar-refractivity contribution in [1.29, 1.82) is 5.26 Å². The van der Waals surface area contributed by atoms with Crippen LogP contribution < -0.4 is 4.74 Å². The number of hydrogen-bond donors (Lipinski definition) is 0. The molecule has 0 aliphatic rings. The summed E-state index contributed by atoms with van der Waals surface area (Å²) in [5.74, 6) is -1.30. The summed E-state index contributed by atoms with van der Waals surface area (Å²) in [6.45, 7) is 0. The molecule has 0 spiro atoms. The first kappa shape index (κ1) is 15.3. The Morgan fingerprint density at radius 1 is 1.47 bits per heavy atom. The van der Waals surface area contributed by atoms with Crippen molar-refractivity contribution in [1.82, 2.24) is 0 Å². The molecule has 8 heteroatoms. The molecule has 0 aromatic heterocycles. The number of benzene rings is 1. The molecule has 1 rings (SSSR count). The third kappa shape index (κ3) is 4.44. The molecule has 0 heterocycles. The minimum atomic E-state index is -4.90. The lowest BCUT2D eigenvalue weighted by Gasteiger charge is -2.14. The van der Waals surface area contributed by atoms with E-state index >= 15 is 0 Å². The van der Waals surface area contributed by atoms with Crippen LogP contribution in [0.4, 0.5) is 13.2 Å². The number of methoxy groups -OCH3 is 1. The van der Waals surface area contributed by atoms with Gasteiger partial charge in [0, 0.05) is 5.56 Å². The van der Waals surface area contributed by atoms with Gasteiger partial charge < -0.3 is 9.47 Å². The van der Waals surface area contributed by atoms with Crippen molar-refractivity contribution in [3.63, 3.8) is 0 Å². The van der Waals surface area contributed by atoms with Crippen molar-refractivity contribution < 1.29 is 27.4 Å². The number of rotatable bonds is 3. The molecule has 0 radical (unpaired) electrons. The summed E-state index contributed by atoms with van der Waals surface area (Å²) in [6.07, 6.45) is -5.34. The van der Waals surface area contributed by atoms with Gasteiger partial charge in [0.1, 0.15) is 5.75 Å². The zero-order valence-corrected chi connectivity index (χ0v) is 11.1. The zero-order chi connectivity index (χ0) is 14.6. The van der Waals surface area contributed by atoms with Gasteiger partial charge in [-0.2, -0.15) is 5.26 Å². The molecule has 0 N–H and O–H groups in total. The Hall–Kier alpha value is -1.75. The number of hydrogen-bond acceptors (Lipinski definition) is 4. The van der Waals surface area contributed by atoms with Gasteiger partial charge in [-0.25, -0.2) is 0 Å². The van der Waals surface area contributed by atoms with Gasteiger partial charge in [-0.3, -0.25) is 4.79 Å². The highest BCUT2D eigenvalue weighted by Gasteiger charge is 2.33. The van der Waals surface area contributed by atoms with Crippen molar-refractivity contribution in [3.05, 3.63) is 27.7 Å². The SMILES string of the molecule is COC(=O)Cc1cc(C#N)cc(Br)c1OC(F)(F)F. The van der Waals surface area contributed by atoms with Gasteiger partial charge >= 0.3 is 12.3 Å². The molecule has 19 heavy (non-hydrogen) atoms. The summed E-state index contributed by atoms with van der Waals surface area (Å²) in [4.78, 5) is 11.2. The van der Waals surface area contributed by atoms with E-state index in [1.54, 1.807) is 6.07 Å². The van der Waals surface area contributed by atoms with Crippen LogP contribution in [0.1, 0.15) is 11.1 Å². The van der Waals surface area contributed by atoms with Gasteiger partial charge in [0.25, 0.3) is 0 Å². The Labute approximate surface area is 114 Å². The minimum Gasteiger partial charge on any atom is -0.469 e. The molecule has 0 fully saturated rings. The molecule has 0 unspecified atom stereocenters. The van der Waals surface area contributed by atoms with Crippen molar-refractivity contribution in [3.8, 4) is 11.8 Å². The highest BCUT2D eigenvalue weighted by atomic mass is 79.9. The van der Waals surface area contributed by atoms with Gasteiger partial charge in [-0.1, -0.05) is 0 Å². The van der Waals surface area contributed by atoms with Crippen LogP contribution in [0.25, 0.3) is 0 Å². The van der Waals surface area contributed by atoms with E-state index in [1.165, 1.54) is 6.07 Å². The molecule has 0 amide bonds. The smallest absolute Gasteiger partial charge is 0.469 e. The highest BCUT2D eigenvalue weighted by Crippen LogP contribution is 2.35. The minimum absolute atomic E-state index is 0.0669. The first-order valence-corrected chi connectivity index (χ1v) is 5.61. The molecule has 0 aliphatic carbocycles. The molecule has 1 aromatic carbocycles. The number of nitrogens with zero attached hydrogens (tertiary/aromatic N) is 1. The maximum Gasteiger partial charge on any atom is 0.573 e.